The molecule has 0 N–H and O–H groups in total. The molecule has 0 aromatic carbocycles. The van der Waals surface area contributed by atoms with Gasteiger partial charge in [0, 0.05) is 19.1 Å². The van der Waals surface area contributed by atoms with Gasteiger partial charge < -0.3 is 4.74 Å². The first-order valence-corrected chi connectivity index (χ1v) is 10.9. The van der Waals surface area contributed by atoms with Crippen molar-refractivity contribution < 1.29 is 4.74 Å². The van der Waals surface area contributed by atoms with Crippen molar-refractivity contribution in [3.8, 4) is 0 Å². The highest BCUT2D eigenvalue weighted by molar-refractivity contribution is 4.84. The molecule has 1 aliphatic heterocycles. The fourth-order valence-electron chi connectivity index (χ4n) is 5.85. The highest BCUT2D eigenvalue weighted by atomic mass is 16.5. The number of morpholine rings is 1. The second-order valence-electron chi connectivity index (χ2n) is 9.47. The summed E-state index contributed by atoms with van der Waals surface area (Å²) in [5.41, 5.74) is 0. The second kappa shape index (κ2) is 9.03. The lowest BCUT2D eigenvalue weighted by Crippen LogP contribution is -2.45. The third kappa shape index (κ3) is 4.97. The Kier molecular flexibility index (Phi) is 7.04. The molecule has 24 heavy (non-hydrogen) atoms. The van der Waals surface area contributed by atoms with Crippen molar-refractivity contribution in [3.63, 3.8) is 0 Å². The van der Waals surface area contributed by atoms with E-state index in [4.69, 9.17) is 4.74 Å². The van der Waals surface area contributed by atoms with Crippen molar-refractivity contribution in [3.05, 3.63) is 0 Å². The molecule has 3 rings (SSSR count). The van der Waals surface area contributed by atoms with Crippen LogP contribution in [0.2, 0.25) is 0 Å². The number of rotatable bonds is 5. The van der Waals surface area contributed by atoms with Crippen molar-refractivity contribution in [1.29, 1.82) is 0 Å². The minimum atomic E-state index is 0.859. The second-order valence-corrected chi connectivity index (χ2v) is 9.47. The first-order chi connectivity index (χ1) is 11.6. The molecule has 0 radical (unpaired) electrons. The van der Waals surface area contributed by atoms with E-state index in [1.54, 1.807) is 0 Å². The van der Waals surface area contributed by atoms with Crippen LogP contribution in [0.3, 0.4) is 0 Å². The lowest BCUT2D eigenvalue weighted by molar-refractivity contribution is 0.00184. The SMILES string of the molecule is CC(C)C1CCCC(CC(C)C2CCC(N3CCOCC3)CC2)C1. The number of ether oxygens (including phenoxy) is 1. The summed E-state index contributed by atoms with van der Waals surface area (Å²) < 4.78 is 5.52. The molecule has 3 fully saturated rings. The summed E-state index contributed by atoms with van der Waals surface area (Å²) in [5.74, 6) is 4.88. The minimum absolute atomic E-state index is 0.859. The number of hydrogen-bond donors (Lipinski definition) is 0. The zero-order valence-electron chi connectivity index (χ0n) is 16.5. The molecular weight excluding hydrogens is 294 g/mol. The molecule has 2 nitrogen and oxygen atoms in total. The maximum absolute atomic E-state index is 5.52. The van der Waals surface area contributed by atoms with Crippen LogP contribution in [0.4, 0.5) is 0 Å². The normalized spacial score (nSPS) is 37.5. The molecule has 2 saturated carbocycles. The van der Waals surface area contributed by atoms with E-state index in [1.165, 1.54) is 70.9 Å². The van der Waals surface area contributed by atoms with Crippen molar-refractivity contribution >= 4 is 0 Å². The van der Waals surface area contributed by atoms with Crippen molar-refractivity contribution in [1.82, 2.24) is 4.90 Å². The van der Waals surface area contributed by atoms with Gasteiger partial charge in [0.1, 0.15) is 0 Å². The molecule has 1 heterocycles. The Bertz CT molecular complexity index is 355. The third-order valence-corrected chi connectivity index (χ3v) is 7.58. The van der Waals surface area contributed by atoms with Gasteiger partial charge in [-0.25, -0.2) is 0 Å². The van der Waals surface area contributed by atoms with Crippen LogP contribution in [0, 0.1) is 29.6 Å². The predicted molar refractivity (Wildman–Crippen MR) is 102 cm³/mol. The topological polar surface area (TPSA) is 12.5 Å². The van der Waals surface area contributed by atoms with Gasteiger partial charge in [0.2, 0.25) is 0 Å². The Hall–Kier alpha value is -0.0800. The zero-order valence-corrected chi connectivity index (χ0v) is 16.5. The molecule has 0 bridgehead atoms. The van der Waals surface area contributed by atoms with E-state index in [0.29, 0.717) is 0 Å². The van der Waals surface area contributed by atoms with Crippen molar-refractivity contribution in [2.45, 2.75) is 84.6 Å². The quantitative estimate of drug-likeness (QED) is 0.670. The lowest BCUT2D eigenvalue weighted by atomic mass is 9.70. The van der Waals surface area contributed by atoms with Crippen LogP contribution in [0.15, 0.2) is 0 Å². The minimum Gasteiger partial charge on any atom is -0.379 e. The van der Waals surface area contributed by atoms with Gasteiger partial charge in [0.05, 0.1) is 13.2 Å². The molecule has 3 atom stereocenters. The standard InChI is InChI=1S/C22H41NO/c1-17(2)21-6-4-5-19(16-21)15-18(3)20-7-9-22(10-8-20)23-11-13-24-14-12-23/h17-22H,4-16H2,1-3H3. The number of hydrogen-bond acceptors (Lipinski definition) is 2. The van der Waals surface area contributed by atoms with Gasteiger partial charge in [-0.1, -0.05) is 40.0 Å². The largest absolute Gasteiger partial charge is 0.379 e. The summed E-state index contributed by atoms with van der Waals surface area (Å²) in [6, 6.07) is 0.859. The van der Waals surface area contributed by atoms with Crippen LogP contribution < -0.4 is 0 Å². The Morgan fingerprint density at radius 1 is 0.875 bits per heavy atom. The Balaban J connectivity index is 1.41. The summed E-state index contributed by atoms with van der Waals surface area (Å²) >= 11 is 0. The first-order valence-electron chi connectivity index (χ1n) is 10.9. The average Bonchev–Trinajstić information content (AvgIpc) is 2.63. The van der Waals surface area contributed by atoms with Gasteiger partial charge >= 0.3 is 0 Å². The monoisotopic (exact) mass is 335 g/mol. The summed E-state index contributed by atoms with van der Waals surface area (Å²) in [6.07, 6.45) is 13.4. The molecule has 2 aliphatic carbocycles. The van der Waals surface area contributed by atoms with Crippen LogP contribution in [0.5, 0.6) is 0 Å². The van der Waals surface area contributed by atoms with Gasteiger partial charge in [-0.2, -0.15) is 0 Å². The highest BCUT2D eigenvalue weighted by Gasteiger charge is 2.31. The van der Waals surface area contributed by atoms with Crippen LogP contribution in [0.1, 0.15) is 78.6 Å². The van der Waals surface area contributed by atoms with Crippen molar-refractivity contribution in [2.75, 3.05) is 26.3 Å². The predicted octanol–water partition coefficient (Wildman–Crippen LogP) is 5.37. The smallest absolute Gasteiger partial charge is 0.0594 e. The van der Waals surface area contributed by atoms with E-state index in [-0.39, 0.29) is 0 Å². The Morgan fingerprint density at radius 2 is 1.58 bits per heavy atom. The average molecular weight is 336 g/mol. The van der Waals surface area contributed by atoms with Gasteiger partial charge in [0.15, 0.2) is 0 Å². The van der Waals surface area contributed by atoms with E-state index in [1.807, 2.05) is 0 Å². The molecule has 3 unspecified atom stereocenters. The van der Waals surface area contributed by atoms with Gasteiger partial charge in [-0.05, 0) is 68.1 Å². The summed E-state index contributed by atoms with van der Waals surface area (Å²) in [6.45, 7) is 11.7. The van der Waals surface area contributed by atoms with E-state index >= 15 is 0 Å². The fourth-order valence-corrected chi connectivity index (χ4v) is 5.85. The van der Waals surface area contributed by atoms with E-state index in [2.05, 4.69) is 25.7 Å². The van der Waals surface area contributed by atoms with E-state index in [0.717, 1.165) is 48.8 Å². The van der Waals surface area contributed by atoms with Gasteiger partial charge in [0.25, 0.3) is 0 Å². The molecule has 0 aromatic heterocycles. The number of nitrogens with zero attached hydrogens (tertiary/aromatic N) is 1. The van der Waals surface area contributed by atoms with Crippen LogP contribution >= 0.6 is 0 Å². The zero-order chi connectivity index (χ0) is 16.9. The first kappa shape index (κ1) is 18.7. The Morgan fingerprint density at radius 3 is 2.25 bits per heavy atom. The molecule has 1 saturated heterocycles. The Labute approximate surface area is 150 Å². The van der Waals surface area contributed by atoms with Crippen LogP contribution in [0.25, 0.3) is 0 Å². The molecular formula is C22H41NO. The molecule has 2 heteroatoms. The summed E-state index contributed by atoms with van der Waals surface area (Å²) in [5, 5.41) is 0. The highest BCUT2D eigenvalue weighted by Crippen LogP contribution is 2.40. The lowest BCUT2D eigenvalue weighted by Gasteiger charge is -2.41. The van der Waals surface area contributed by atoms with E-state index < -0.39 is 0 Å². The molecule has 140 valence electrons. The van der Waals surface area contributed by atoms with Crippen LogP contribution in [-0.4, -0.2) is 37.2 Å². The molecule has 3 aliphatic rings. The maximum atomic E-state index is 5.52. The molecule has 0 aromatic rings. The van der Waals surface area contributed by atoms with Crippen LogP contribution in [-0.2, 0) is 4.74 Å². The maximum Gasteiger partial charge on any atom is 0.0594 e. The third-order valence-electron chi connectivity index (χ3n) is 7.58. The van der Waals surface area contributed by atoms with E-state index in [9.17, 15) is 0 Å². The molecule has 0 spiro atoms. The van der Waals surface area contributed by atoms with Gasteiger partial charge in [-0.3, -0.25) is 4.90 Å². The molecule has 0 amide bonds. The summed E-state index contributed by atoms with van der Waals surface area (Å²) in [7, 11) is 0. The fraction of sp³-hybridized carbons (Fsp3) is 1.00. The van der Waals surface area contributed by atoms with Crippen molar-refractivity contribution in [2.24, 2.45) is 29.6 Å². The van der Waals surface area contributed by atoms with Gasteiger partial charge in [-0.15, -0.1) is 0 Å². The summed E-state index contributed by atoms with van der Waals surface area (Å²) in [4.78, 5) is 2.71.